The van der Waals surface area contributed by atoms with Gasteiger partial charge in [-0.3, -0.25) is 19.9 Å². The predicted molar refractivity (Wildman–Crippen MR) is 127 cm³/mol. The van der Waals surface area contributed by atoms with Crippen molar-refractivity contribution in [1.82, 2.24) is 10.1 Å². The lowest BCUT2D eigenvalue weighted by Crippen LogP contribution is -2.21. The van der Waals surface area contributed by atoms with E-state index in [2.05, 4.69) is 27.3 Å². The SMILES string of the molecule is Cc1ccc(C(=O)Nc2cc(C(C)(C)C)no2)cc1[C@@H]1CCN(c2cncc(C(N)=O)c2)C1. The fourth-order valence-corrected chi connectivity index (χ4v) is 4.08. The van der Waals surface area contributed by atoms with E-state index in [9.17, 15) is 9.59 Å². The summed E-state index contributed by atoms with van der Waals surface area (Å²) in [6, 6.07) is 9.29. The average Bonchev–Trinajstić information content (AvgIpc) is 3.44. The molecule has 33 heavy (non-hydrogen) atoms. The van der Waals surface area contributed by atoms with E-state index in [1.165, 1.54) is 6.20 Å². The van der Waals surface area contributed by atoms with Crippen LogP contribution in [0, 0.1) is 6.92 Å². The van der Waals surface area contributed by atoms with Gasteiger partial charge in [-0.25, -0.2) is 0 Å². The molecule has 8 heteroatoms. The molecule has 2 amide bonds. The van der Waals surface area contributed by atoms with Crippen LogP contribution in [-0.4, -0.2) is 35.0 Å². The molecule has 0 bridgehead atoms. The zero-order valence-corrected chi connectivity index (χ0v) is 19.4. The first-order chi connectivity index (χ1) is 15.6. The Morgan fingerprint density at radius 2 is 1.94 bits per heavy atom. The fraction of sp³-hybridized carbons (Fsp3) is 0.360. The molecule has 172 valence electrons. The Morgan fingerprint density at radius 1 is 1.15 bits per heavy atom. The van der Waals surface area contributed by atoms with Gasteiger partial charge in [-0.2, -0.15) is 0 Å². The summed E-state index contributed by atoms with van der Waals surface area (Å²) in [7, 11) is 0. The highest BCUT2D eigenvalue weighted by atomic mass is 16.5. The van der Waals surface area contributed by atoms with Crippen molar-refractivity contribution in [2.75, 3.05) is 23.3 Å². The van der Waals surface area contributed by atoms with Crippen molar-refractivity contribution in [2.45, 2.75) is 45.4 Å². The second-order valence-corrected chi connectivity index (χ2v) is 9.58. The second-order valence-electron chi connectivity index (χ2n) is 9.58. The van der Waals surface area contributed by atoms with E-state index >= 15 is 0 Å². The van der Waals surface area contributed by atoms with Gasteiger partial charge in [-0.1, -0.05) is 32.0 Å². The Labute approximate surface area is 193 Å². The largest absolute Gasteiger partial charge is 0.370 e. The van der Waals surface area contributed by atoms with Crippen molar-refractivity contribution in [3.8, 4) is 0 Å². The molecule has 1 atom stereocenters. The second kappa shape index (κ2) is 8.69. The van der Waals surface area contributed by atoms with E-state index in [1.54, 1.807) is 18.3 Å². The quantitative estimate of drug-likeness (QED) is 0.611. The lowest BCUT2D eigenvalue weighted by atomic mass is 9.92. The van der Waals surface area contributed by atoms with Gasteiger partial charge in [-0.05, 0) is 42.7 Å². The smallest absolute Gasteiger partial charge is 0.258 e. The number of anilines is 2. The number of carbonyl (C=O) groups is 2. The number of hydrogen-bond donors (Lipinski definition) is 2. The number of rotatable bonds is 5. The highest BCUT2D eigenvalue weighted by Gasteiger charge is 2.27. The third-order valence-electron chi connectivity index (χ3n) is 6.06. The molecule has 1 saturated heterocycles. The molecule has 1 aliphatic rings. The minimum atomic E-state index is -0.490. The lowest BCUT2D eigenvalue weighted by Gasteiger charge is -2.20. The summed E-state index contributed by atoms with van der Waals surface area (Å²) in [4.78, 5) is 30.7. The van der Waals surface area contributed by atoms with Crippen LogP contribution in [0.3, 0.4) is 0 Å². The first-order valence-corrected chi connectivity index (χ1v) is 11.0. The Morgan fingerprint density at radius 3 is 2.64 bits per heavy atom. The number of aromatic nitrogens is 2. The number of hydrogen-bond acceptors (Lipinski definition) is 6. The maximum atomic E-state index is 12.9. The highest BCUT2D eigenvalue weighted by molar-refractivity contribution is 6.03. The molecule has 0 spiro atoms. The maximum absolute atomic E-state index is 12.9. The summed E-state index contributed by atoms with van der Waals surface area (Å²) >= 11 is 0. The van der Waals surface area contributed by atoms with Crippen molar-refractivity contribution in [1.29, 1.82) is 0 Å². The summed E-state index contributed by atoms with van der Waals surface area (Å²) in [6.45, 7) is 9.77. The van der Waals surface area contributed by atoms with Gasteiger partial charge >= 0.3 is 0 Å². The number of nitrogens with two attached hydrogens (primary N) is 1. The maximum Gasteiger partial charge on any atom is 0.258 e. The van der Waals surface area contributed by atoms with E-state index in [0.29, 0.717) is 17.0 Å². The number of nitrogens with one attached hydrogen (secondary N) is 1. The molecule has 3 aromatic rings. The molecule has 3 N–H and O–H groups in total. The molecular weight excluding hydrogens is 418 g/mol. The van der Waals surface area contributed by atoms with Crippen molar-refractivity contribution in [2.24, 2.45) is 5.73 Å². The third-order valence-corrected chi connectivity index (χ3v) is 6.06. The van der Waals surface area contributed by atoms with Crippen LogP contribution in [0.4, 0.5) is 11.6 Å². The molecule has 0 saturated carbocycles. The Kier molecular flexibility index (Phi) is 5.93. The standard InChI is InChI=1S/C25H29N5O3/c1-15-5-6-16(24(32)28-22-11-21(29-33-22)25(2,3)4)10-20(15)17-7-8-30(14-17)19-9-18(23(26)31)12-27-13-19/h5-6,9-13,17H,7-8,14H2,1-4H3,(H2,26,31)(H,28,32)/t17-/m1/s1. The van der Waals surface area contributed by atoms with E-state index < -0.39 is 5.91 Å². The summed E-state index contributed by atoms with van der Waals surface area (Å²) in [5.74, 6) is -0.134. The number of benzene rings is 1. The number of carbonyl (C=O) groups excluding carboxylic acids is 2. The van der Waals surface area contributed by atoms with Crippen molar-refractivity contribution < 1.29 is 14.1 Å². The Balaban J connectivity index is 1.49. The van der Waals surface area contributed by atoms with Crippen LogP contribution in [0.1, 0.15) is 70.6 Å². The molecular formula is C25H29N5O3. The van der Waals surface area contributed by atoms with Crippen LogP contribution >= 0.6 is 0 Å². The Bertz CT molecular complexity index is 1190. The van der Waals surface area contributed by atoms with E-state index in [1.807, 2.05) is 39.0 Å². The molecule has 0 radical (unpaired) electrons. The van der Waals surface area contributed by atoms with Crippen molar-refractivity contribution in [3.63, 3.8) is 0 Å². The number of aryl methyl sites for hydroxylation is 1. The van der Waals surface area contributed by atoms with Crippen molar-refractivity contribution >= 4 is 23.4 Å². The molecule has 1 aromatic carbocycles. The van der Waals surface area contributed by atoms with E-state index in [4.69, 9.17) is 10.3 Å². The number of pyridine rings is 1. The van der Waals surface area contributed by atoms with Crippen LogP contribution in [0.15, 0.2) is 47.2 Å². The van der Waals surface area contributed by atoms with Crippen LogP contribution in [0.2, 0.25) is 0 Å². The molecule has 8 nitrogen and oxygen atoms in total. The topological polar surface area (TPSA) is 114 Å². The van der Waals surface area contributed by atoms with Gasteiger partial charge in [0.25, 0.3) is 5.91 Å². The van der Waals surface area contributed by atoms with Gasteiger partial charge in [0.15, 0.2) is 0 Å². The molecule has 1 fully saturated rings. The zero-order valence-electron chi connectivity index (χ0n) is 19.4. The van der Waals surface area contributed by atoms with Gasteiger partial charge < -0.3 is 15.2 Å². The Hall–Kier alpha value is -3.68. The van der Waals surface area contributed by atoms with E-state index in [0.717, 1.165) is 42.0 Å². The van der Waals surface area contributed by atoms with Crippen molar-refractivity contribution in [3.05, 3.63) is 70.7 Å². The highest BCUT2D eigenvalue weighted by Crippen LogP contribution is 2.33. The van der Waals surface area contributed by atoms with Gasteiger partial charge in [0.1, 0.15) is 0 Å². The molecule has 0 aliphatic carbocycles. The van der Waals surface area contributed by atoms with Crippen LogP contribution in [0.25, 0.3) is 0 Å². The normalized spacial score (nSPS) is 16.1. The monoisotopic (exact) mass is 447 g/mol. The van der Waals surface area contributed by atoms with Gasteiger partial charge in [0.05, 0.1) is 23.1 Å². The number of amides is 2. The third kappa shape index (κ3) is 4.89. The molecule has 1 aliphatic heterocycles. The molecule has 3 heterocycles. The fourth-order valence-electron chi connectivity index (χ4n) is 4.08. The molecule has 2 aromatic heterocycles. The summed E-state index contributed by atoms with van der Waals surface area (Å²) in [5, 5.41) is 6.86. The molecule has 0 unspecified atom stereocenters. The minimum absolute atomic E-state index is 0.162. The first-order valence-electron chi connectivity index (χ1n) is 11.0. The minimum Gasteiger partial charge on any atom is -0.370 e. The lowest BCUT2D eigenvalue weighted by molar-refractivity contribution is 0.0997. The predicted octanol–water partition coefficient (Wildman–Crippen LogP) is 4.02. The van der Waals surface area contributed by atoms with Crippen LogP contribution in [-0.2, 0) is 5.41 Å². The van der Waals surface area contributed by atoms with Gasteiger partial charge in [0, 0.05) is 42.2 Å². The number of nitrogens with zero attached hydrogens (tertiary/aromatic N) is 3. The van der Waals surface area contributed by atoms with Gasteiger partial charge in [0.2, 0.25) is 11.8 Å². The summed E-state index contributed by atoms with van der Waals surface area (Å²) < 4.78 is 5.30. The molecule has 4 rings (SSSR count). The van der Waals surface area contributed by atoms with Crippen LogP contribution < -0.4 is 16.0 Å². The van der Waals surface area contributed by atoms with Crippen LogP contribution in [0.5, 0.6) is 0 Å². The summed E-state index contributed by atoms with van der Waals surface area (Å²) in [5.41, 5.74) is 10.1. The summed E-state index contributed by atoms with van der Waals surface area (Å²) in [6.07, 6.45) is 4.16. The number of primary amides is 1. The van der Waals surface area contributed by atoms with Gasteiger partial charge in [-0.15, -0.1) is 0 Å². The zero-order chi connectivity index (χ0) is 23.8. The first kappa shape index (κ1) is 22.5. The van der Waals surface area contributed by atoms with E-state index in [-0.39, 0.29) is 17.2 Å². The average molecular weight is 448 g/mol.